The number of hydrogen-bond donors (Lipinski definition) is 0. The number of aromatic nitrogens is 4. The molecule has 0 saturated carbocycles. The number of fused-ring (bicyclic) bond motifs is 9. The molecule has 5 aromatic heterocycles. The number of rotatable bonds is 4. The van der Waals surface area contributed by atoms with E-state index in [-0.39, 0.29) is 0 Å². The van der Waals surface area contributed by atoms with E-state index in [4.69, 9.17) is 4.42 Å². The van der Waals surface area contributed by atoms with Crippen molar-refractivity contribution in [2.45, 2.75) is 92.2 Å². The second kappa shape index (κ2) is 10.4. The minimum Gasteiger partial charge on any atom is -0.454 e. The van der Waals surface area contributed by atoms with Crippen molar-refractivity contribution >= 4 is 21.9 Å². The summed E-state index contributed by atoms with van der Waals surface area (Å²) >= 11 is 0. The van der Waals surface area contributed by atoms with Gasteiger partial charge >= 0.3 is 0 Å². The molecule has 0 unspecified atom stereocenters. The maximum atomic E-state index is 6.86. The second-order valence-electron chi connectivity index (χ2n) is 14.5. The van der Waals surface area contributed by atoms with Gasteiger partial charge in [-0.25, -0.2) is 0 Å². The van der Waals surface area contributed by atoms with Gasteiger partial charge in [-0.2, -0.15) is 0 Å². The van der Waals surface area contributed by atoms with E-state index in [0.717, 1.165) is 55.6 Å². The van der Waals surface area contributed by atoms with E-state index in [9.17, 15) is 0 Å². The molecule has 0 bridgehead atoms. The van der Waals surface area contributed by atoms with Crippen LogP contribution in [0.2, 0.25) is 0 Å². The molecule has 2 aromatic carbocycles. The number of para-hydroxylation sites is 1. The summed E-state index contributed by atoms with van der Waals surface area (Å²) in [6.07, 6.45) is 4.51. The van der Waals surface area contributed by atoms with Crippen LogP contribution in [-0.4, -0.2) is 18.3 Å². The largest absolute Gasteiger partial charge is 0.454 e. The summed E-state index contributed by atoms with van der Waals surface area (Å²) in [5.41, 5.74) is 17.8. The average molecular weight is 621 g/mol. The zero-order valence-electron chi connectivity index (χ0n) is 28.5. The highest BCUT2D eigenvalue weighted by atomic mass is 16.3. The Bertz CT molecular complexity index is 2340. The van der Waals surface area contributed by atoms with Gasteiger partial charge in [-0.15, -0.1) is 0 Å². The summed E-state index contributed by atoms with van der Waals surface area (Å²) in [7, 11) is 0. The fourth-order valence-electron chi connectivity index (χ4n) is 8.58. The van der Waals surface area contributed by atoms with Gasteiger partial charge in [-0.3, -0.25) is 0 Å². The molecule has 0 amide bonds. The minimum atomic E-state index is 0.374. The molecule has 7 aromatic rings. The number of aryl methyl sites for hydroxylation is 4. The molecule has 7 heterocycles. The van der Waals surface area contributed by atoms with Gasteiger partial charge in [0.05, 0.1) is 28.5 Å². The highest BCUT2D eigenvalue weighted by Gasteiger charge is 2.28. The van der Waals surface area contributed by atoms with E-state index < -0.39 is 0 Å². The lowest BCUT2D eigenvalue weighted by molar-refractivity contribution is 0.647. The molecular formula is C42H44N4O. The SMILES string of the molecule is Cc1ccc2n1CCCc1cc(C(C)C)n(-c3ccc4oc5c(-n6c(C(C)C)cc7c6-c6ccc(C)n6CCC7)cccc5c4c3)c1-2. The van der Waals surface area contributed by atoms with Crippen LogP contribution in [-0.2, 0) is 25.9 Å². The summed E-state index contributed by atoms with van der Waals surface area (Å²) in [6.45, 7) is 15.8. The Kier molecular flexibility index (Phi) is 6.34. The van der Waals surface area contributed by atoms with Gasteiger partial charge in [0.15, 0.2) is 5.58 Å². The van der Waals surface area contributed by atoms with E-state index in [1.807, 2.05) is 0 Å². The molecule has 0 spiro atoms. The second-order valence-corrected chi connectivity index (χ2v) is 14.5. The topological polar surface area (TPSA) is 32.9 Å². The summed E-state index contributed by atoms with van der Waals surface area (Å²) in [4.78, 5) is 0. The lowest BCUT2D eigenvalue weighted by Crippen LogP contribution is -2.07. The van der Waals surface area contributed by atoms with E-state index in [1.165, 1.54) is 73.1 Å². The number of nitrogens with zero attached hydrogens (tertiary/aromatic N) is 4. The van der Waals surface area contributed by atoms with Crippen molar-refractivity contribution in [1.82, 2.24) is 18.3 Å². The Balaban J connectivity index is 1.28. The van der Waals surface area contributed by atoms with Crippen molar-refractivity contribution in [2.75, 3.05) is 0 Å². The smallest absolute Gasteiger partial charge is 0.159 e. The molecule has 0 N–H and O–H groups in total. The molecule has 0 aliphatic carbocycles. The summed E-state index contributed by atoms with van der Waals surface area (Å²) in [5, 5.41) is 2.33. The molecule has 238 valence electrons. The summed E-state index contributed by atoms with van der Waals surface area (Å²) < 4.78 is 16.9. The Morgan fingerprint density at radius 2 is 1.21 bits per heavy atom. The van der Waals surface area contributed by atoms with E-state index in [0.29, 0.717) is 11.8 Å². The van der Waals surface area contributed by atoms with Gasteiger partial charge in [0.1, 0.15) is 5.58 Å². The molecule has 2 aliphatic heterocycles. The molecular weight excluding hydrogens is 576 g/mol. The Hall–Kier alpha value is -4.64. The fraction of sp³-hybridized carbons (Fsp3) is 0.333. The van der Waals surface area contributed by atoms with Crippen molar-refractivity contribution in [3.05, 3.63) is 107 Å². The van der Waals surface area contributed by atoms with Crippen molar-refractivity contribution in [2.24, 2.45) is 0 Å². The van der Waals surface area contributed by atoms with Gasteiger partial charge in [-0.05, 0) is 123 Å². The third-order valence-electron chi connectivity index (χ3n) is 10.9. The van der Waals surface area contributed by atoms with Crippen molar-refractivity contribution in [3.8, 4) is 34.2 Å². The van der Waals surface area contributed by atoms with Gasteiger partial charge in [0.2, 0.25) is 0 Å². The summed E-state index contributed by atoms with van der Waals surface area (Å²) in [6, 6.07) is 27.6. The van der Waals surface area contributed by atoms with Crippen LogP contribution in [0.5, 0.6) is 0 Å². The zero-order chi connectivity index (χ0) is 32.1. The first kappa shape index (κ1) is 28.6. The predicted molar refractivity (Wildman–Crippen MR) is 194 cm³/mol. The van der Waals surface area contributed by atoms with Gasteiger partial charge in [0.25, 0.3) is 0 Å². The normalized spacial score (nSPS) is 14.5. The fourth-order valence-corrected chi connectivity index (χ4v) is 8.58. The molecule has 0 atom stereocenters. The molecule has 0 fully saturated rings. The zero-order valence-corrected chi connectivity index (χ0v) is 28.5. The van der Waals surface area contributed by atoms with Crippen molar-refractivity contribution < 1.29 is 4.42 Å². The van der Waals surface area contributed by atoms with Crippen LogP contribution in [0.1, 0.15) is 86.3 Å². The highest BCUT2D eigenvalue weighted by Crippen LogP contribution is 2.43. The molecule has 2 aliphatic rings. The van der Waals surface area contributed by atoms with Crippen LogP contribution >= 0.6 is 0 Å². The van der Waals surface area contributed by atoms with E-state index in [2.05, 4.69) is 133 Å². The maximum Gasteiger partial charge on any atom is 0.159 e. The Morgan fingerprint density at radius 3 is 1.83 bits per heavy atom. The molecule has 47 heavy (non-hydrogen) atoms. The standard InChI is InChI=1S/C42H44N4O/c1-25(2)37-22-29-10-8-20-43-27(5)14-17-34(43)40(29)45(37)31-16-19-39-33(24-31)32-12-7-13-36(42(32)47-39)46-38(26(3)4)23-30-11-9-21-44-28(6)15-18-35(44)41(30)46/h7,12-19,22-26H,8-11,20-21H2,1-6H3. The molecule has 5 nitrogen and oxygen atoms in total. The van der Waals surface area contributed by atoms with Crippen LogP contribution < -0.4 is 0 Å². The molecule has 0 saturated heterocycles. The van der Waals surface area contributed by atoms with Crippen LogP contribution in [0.4, 0.5) is 0 Å². The highest BCUT2D eigenvalue weighted by molar-refractivity contribution is 6.08. The monoisotopic (exact) mass is 620 g/mol. The van der Waals surface area contributed by atoms with Crippen LogP contribution in [0.3, 0.4) is 0 Å². The molecule has 9 rings (SSSR count). The van der Waals surface area contributed by atoms with Crippen molar-refractivity contribution in [1.29, 1.82) is 0 Å². The number of hydrogen-bond acceptors (Lipinski definition) is 1. The predicted octanol–water partition coefficient (Wildman–Crippen LogP) is 10.9. The number of benzene rings is 2. The van der Waals surface area contributed by atoms with Gasteiger partial charge < -0.3 is 22.7 Å². The van der Waals surface area contributed by atoms with E-state index >= 15 is 0 Å². The molecule has 0 radical (unpaired) electrons. The van der Waals surface area contributed by atoms with E-state index in [1.54, 1.807) is 0 Å². The first-order chi connectivity index (χ1) is 22.8. The van der Waals surface area contributed by atoms with Gasteiger partial charge in [0, 0.05) is 52.3 Å². The first-order valence-corrected chi connectivity index (χ1v) is 17.6. The first-order valence-electron chi connectivity index (χ1n) is 17.6. The minimum absolute atomic E-state index is 0.374. The number of furan rings is 1. The van der Waals surface area contributed by atoms with Crippen LogP contribution in [0.25, 0.3) is 56.1 Å². The quantitative estimate of drug-likeness (QED) is 0.193. The molecule has 5 heteroatoms. The van der Waals surface area contributed by atoms with Gasteiger partial charge in [-0.1, -0.05) is 39.8 Å². The lowest BCUT2D eigenvalue weighted by Gasteiger charge is -2.18. The van der Waals surface area contributed by atoms with Crippen molar-refractivity contribution in [3.63, 3.8) is 0 Å². The summed E-state index contributed by atoms with van der Waals surface area (Å²) in [5.74, 6) is 0.773. The Morgan fingerprint density at radius 1 is 0.617 bits per heavy atom. The third-order valence-corrected chi connectivity index (χ3v) is 10.9. The average Bonchev–Trinajstić information content (AvgIpc) is 3.83. The maximum absolute atomic E-state index is 6.86. The van der Waals surface area contributed by atoms with Crippen LogP contribution in [0.15, 0.2) is 77.2 Å². The third kappa shape index (κ3) is 4.14. The Labute approximate surface area is 277 Å². The lowest BCUT2D eigenvalue weighted by atomic mass is 10.1. The van der Waals surface area contributed by atoms with Crippen LogP contribution in [0, 0.1) is 13.8 Å².